The first-order chi connectivity index (χ1) is 14.3. The molecule has 1 aromatic heterocycles. The molecule has 0 fully saturated rings. The molecule has 0 saturated carbocycles. The number of rotatable bonds is 6. The standard InChI is InChI=1S/C20H17N3O7/c1-11-15(8-13-9-17(29-2)18(30-3)10-16(13)23(27)28)19(24)22(21-11)14-6-4-12(5-7-14)20(25)26/h4-10,21H,1H2,2-3H3,(H,25,26)/b15-8+. The maximum atomic E-state index is 12.9. The van der Waals surface area contributed by atoms with Crippen LogP contribution in [0.4, 0.5) is 5.69 Å². The van der Waals surface area contributed by atoms with E-state index in [1.54, 1.807) is 0 Å². The molecular formula is C20H17N3O7. The van der Waals surface area contributed by atoms with Crippen molar-refractivity contribution in [2.24, 2.45) is 0 Å². The van der Waals surface area contributed by atoms with Crippen LogP contribution in [0.5, 0.6) is 11.5 Å². The highest BCUT2D eigenvalue weighted by atomic mass is 16.6. The van der Waals surface area contributed by atoms with Crippen LogP contribution in [0.25, 0.3) is 18.3 Å². The summed E-state index contributed by atoms with van der Waals surface area (Å²) in [6.07, 6.45) is 1.34. The van der Waals surface area contributed by atoms with E-state index in [2.05, 4.69) is 11.7 Å². The number of nitrogens with zero attached hydrogens (tertiary/aromatic N) is 2. The highest BCUT2D eigenvalue weighted by Gasteiger charge is 2.19. The number of benzene rings is 2. The van der Waals surface area contributed by atoms with Crippen molar-refractivity contribution in [3.8, 4) is 17.2 Å². The highest BCUT2D eigenvalue weighted by Crippen LogP contribution is 2.34. The van der Waals surface area contributed by atoms with Crippen LogP contribution in [0, 0.1) is 10.1 Å². The summed E-state index contributed by atoms with van der Waals surface area (Å²) in [5.41, 5.74) is -0.193. The molecule has 3 rings (SSSR count). The second-order valence-corrected chi connectivity index (χ2v) is 6.16. The molecule has 0 aliphatic carbocycles. The Balaban J connectivity index is 2.20. The van der Waals surface area contributed by atoms with Gasteiger partial charge in [0.25, 0.3) is 11.2 Å². The largest absolute Gasteiger partial charge is 0.493 e. The molecule has 2 N–H and O–H groups in total. The van der Waals surface area contributed by atoms with E-state index in [0.717, 1.165) is 0 Å². The van der Waals surface area contributed by atoms with Crippen LogP contribution < -0.4 is 25.6 Å². The Bertz CT molecular complexity index is 1300. The van der Waals surface area contributed by atoms with Crippen LogP contribution in [0.1, 0.15) is 15.9 Å². The highest BCUT2D eigenvalue weighted by molar-refractivity contribution is 5.87. The third kappa shape index (κ3) is 3.65. The van der Waals surface area contributed by atoms with Gasteiger partial charge in [0.05, 0.1) is 52.6 Å². The third-order valence-electron chi connectivity index (χ3n) is 4.41. The number of hydrogen-bond donors (Lipinski definition) is 2. The first-order valence-electron chi connectivity index (χ1n) is 8.52. The third-order valence-corrected chi connectivity index (χ3v) is 4.41. The van der Waals surface area contributed by atoms with Crippen LogP contribution in [-0.2, 0) is 0 Å². The van der Waals surface area contributed by atoms with E-state index in [4.69, 9.17) is 14.6 Å². The number of ether oxygens (including phenoxy) is 2. The van der Waals surface area contributed by atoms with Crippen LogP contribution in [0.2, 0.25) is 0 Å². The zero-order chi connectivity index (χ0) is 22.0. The topological polar surface area (TPSA) is 137 Å². The van der Waals surface area contributed by atoms with E-state index in [9.17, 15) is 19.7 Å². The normalized spacial score (nSPS) is 11.3. The molecule has 3 aromatic rings. The first kappa shape index (κ1) is 20.4. The minimum Gasteiger partial charge on any atom is -0.493 e. The molecular weight excluding hydrogens is 394 g/mol. The monoisotopic (exact) mass is 411 g/mol. The number of methoxy groups -OCH3 is 2. The number of carboxylic acid groups (broad SMARTS) is 1. The summed E-state index contributed by atoms with van der Waals surface area (Å²) in [5, 5.41) is 23.6. The fourth-order valence-electron chi connectivity index (χ4n) is 2.89. The molecule has 10 nitrogen and oxygen atoms in total. The summed E-state index contributed by atoms with van der Waals surface area (Å²) in [7, 11) is 2.75. The van der Waals surface area contributed by atoms with Gasteiger partial charge in [-0.2, -0.15) is 0 Å². The first-order valence-corrected chi connectivity index (χ1v) is 8.52. The summed E-state index contributed by atoms with van der Waals surface area (Å²) in [6.45, 7) is 3.79. The summed E-state index contributed by atoms with van der Waals surface area (Å²) < 4.78 is 11.5. The summed E-state index contributed by atoms with van der Waals surface area (Å²) in [4.78, 5) is 34.8. The molecule has 0 bridgehead atoms. The molecule has 30 heavy (non-hydrogen) atoms. The fraction of sp³-hybridized carbons (Fsp3) is 0.100. The predicted molar refractivity (Wildman–Crippen MR) is 108 cm³/mol. The molecule has 0 aliphatic heterocycles. The van der Waals surface area contributed by atoms with Gasteiger partial charge in [-0.1, -0.05) is 6.58 Å². The molecule has 2 aromatic carbocycles. The minimum atomic E-state index is -1.09. The number of H-pyrrole nitrogens is 1. The van der Waals surface area contributed by atoms with Crippen molar-refractivity contribution in [2.75, 3.05) is 14.2 Å². The Morgan fingerprint density at radius 1 is 1.20 bits per heavy atom. The van der Waals surface area contributed by atoms with Crippen molar-refractivity contribution < 1.29 is 24.3 Å². The van der Waals surface area contributed by atoms with Gasteiger partial charge in [0.15, 0.2) is 11.5 Å². The number of nitro benzene ring substituents is 1. The zero-order valence-corrected chi connectivity index (χ0v) is 16.0. The van der Waals surface area contributed by atoms with Crippen molar-refractivity contribution in [3.05, 3.63) is 78.6 Å². The molecule has 0 unspecified atom stereocenters. The average molecular weight is 411 g/mol. The SMILES string of the molecule is C=c1[nH]n(-c2ccc(C(=O)O)cc2)c(=O)/c1=C/c1cc(OC)c(OC)cc1[N+](=O)[O-]. The van der Waals surface area contributed by atoms with Crippen molar-refractivity contribution in [1.29, 1.82) is 0 Å². The second kappa shape index (κ2) is 7.95. The van der Waals surface area contributed by atoms with Crippen LogP contribution in [-0.4, -0.2) is 40.0 Å². The number of nitrogens with one attached hydrogen (secondary N) is 1. The molecule has 0 aliphatic rings. The van der Waals surface area contributed by atoms with Gasteiger partial charge in [-0.15, -0.1) is 0 Å². The number of aromatic amines is 1. The van der Waals surface area contributed by atoms with Gasteiger partial charge in [0.1, 0.15) is 0 Å². The molecule has 0 spiro atoms. The number of aromatic nitrogens is 2. The lowest BCUT2D eigenvalue weighted by molar-refractivity contribution is -0.385. The maximum Gasteiger partial charge on any atom is 0.335 e. The van der Waals surface area contributed by atoms with E-state index in [1.807, 2.05) is 0 Å². The summed E-state index contributed by atoms with van der Waals surface area (Å²) in [6, 6.07) is 8.25. The van der Waals surface area contributed by atoms with Crippen LogP contribution >= 0.6 is 0 Å². The summed E-state index contributed by atoms with van der Waals surface area (Å²) in [5.74, 6) is -0.644. The van der Waals surface area contributed by atoms with Crippen molar-refractivity contribution in [3.63, 3.8) is 0 Å². The molecule has 0 amide bonds. The molecule has 10 heteroatoms. The van der Waals surface area contributed by atoms with E-state index < -0.39 is 16.5 Å². The van der Waals surface area contributed by atoms with Crippen LogP contribution in [0.15, 0.2) is 41.2 Å². The Morgan fingerprint density at radius 2 is 1.80 bits per heavy atom. The maximum absolute atomic E-state index is 12.9. The molecule has 0 saturated heterocycles. The lowest BCUT2D eigenvalue weighted by Gasteiger charge is -2.08. The van der Waals surface area contributed by atoms with Gasteiger partial charge in [0.2, 0.25) is 0 Å². The number of aromatic carboxylic acids is 1. The molecule has 154 valence electrons. The number of carboxylic acids is 1. The average Bonchev–Trinajstić information content (AvgIpc) is 3.01. The molecule has 1 heterocycles. The second-order valence-electron chi connectivity index (χ2n) is 6.16. The predicted octanol–water partition coefficient (Wildman–Crippen LogP) is 1.03. The Hall–Kier alpha value is -4.34. The lowest BCUT2D eigenvalue weighted by Crippen LogP contribution is -2.34. The Kier molecular flexibility index (Phi) is 5.41. The quantitative estimate of drug-likeness (QED) is 0.456. The van der Waals surface area contributed by atoms with Gasteiger partial charge in [-0.25, -0.2) is 9.48 Å². The zero-order valence-electron chi connectivity index (χ0n) is 16.0. The summed E-state index contributed by atoms with van der Waals surface area (Å²) >= 11 is 0. The number of carbonyl (C=O) groups is 1. The van der Waals surface area contributed by atoms with Crippen molar-refractivity contribution in [1.82, 2.24) is 9.78 Å². The van der Waals surface area contributed by atoms with Gasteiger partial charge in [-0.05, 0) is 36.4 Å². The van der Waals surface area contributed by atoms with Gasteiger partial charge >= 0.3 is 5.97 Å². The van der Waals surface area contributed by atoms with Gasteiger partial charge in [-0.3, -0.25) is 20.0 Å². The van der Waals surface area contributed by atoms with Gasteiger partial charge < -0.3 is 14.6 Å². The van der Waals surface area contributed by atoms with Crippen LogP contribution in [0.3, 0.4) is 0 Å². The molecule has 0 atom stereocenters. The number of hydrogen-bond acceptors (Lipinski definition) is 6. The van der Waals surface area contributed by atoms with E-state index in [1.165, 1.54) is 61.4 Å². The Labute approximate surface area is 169 Å². The number of nitro groups is 1. The van der Waals surface area contributed by atoms with Crippen molar-refractivity contribution in [2.45, 2.75) is 0 Å². The van der Waals surface area contributed by atoms with Crippen molar-refractivity contribution >= 4 is 24.3 Å². The minimum absolute atomic E-state index is 0.0703. The smallest absolute Gasteiger partial charge is 0.335 e. The lowest BCUT2D eigenvalue weighted by atomic mass is 10.1. The Morgan fingerprint density at radius 3 is 2.33 bits per heavy atom. The molecule has 0 radical (unpaired) electrons. The van der Waals surface area contributed by atoms with E-state index in [-0.39, 0.29) is 38.9 Å². The van der Waals surface area contributed by atoms with E-state index in [0.29, 0.717) is 5.69 Å². The fourth-order valence-corrected chi connectivity index (χ4v) is 2.89. The van der Waals surface area contributed by atoms with Gasteiger partial charge in [0, 0.05) is 0 Å². The van der Waals surface area contributed by atoms with E-state index >= 15 is 0 Å².